The molecule has 3 rings (SSSR count). The molecule has 0 saturated heterocycles. The van der Waals surface area contributed by atoms with E-state index < -0.39 is 11.7 Å². The van der Waals surface area contributed by atoms with Crippen molar-refractivity contribution in [3.05, 3.63) is 59.2 Å². The molecule has 108 valence electrons. The monoisotopic (exact) mass is 292 g/mol. The van der Waals surface area contributed by atoms with Crippen molar-refractivity contribution >= 4 is 11.6 Å². The SMILES string of the molecule is Oc1ccc2c(c1)C=C(c1ccc(C(F)(F)F)cc1)CO2. The molecule has 21 heavy (non-hydrogen) atoms. The number of alkyl halides is 3. The number of aromatic hydroxyl groups is 1. The molecule has 0 aliphatic carbocycles. The van der Waals surface area contributed by atoms with Crippen molar-refractivity contribution in [1.82, 2.24) is 0 Å². The Hall–Kier alpha value is -2.43. The molecule has 5 heteroatoms. The number of rotatable bonds is 1. The van der Waals surface area contributed by atoms with Gasteiger partial charge in [-0.15, -0.1) is 0 Å². The summed E-state index contributed by atoms with van der Waals surface area (Å²) in [5, 5.41) is 9.46. The first kappa shape index (κ1) is 13.5. The van der Waals surface area contributed by atoms with Crippen molar-refractivity contribution in [2.75, 3.05) is 6.61 Å². The highest BCUT2D eigenvalue weighted by atomic mass is 19.4. The van der Waals surface area contributed by atoms with Gasteiger partial charge in [-0.2, -0.15) is 13.2 Å². The second-order valence-corrected chi connectivity index (χ2v) is 4.76. The quantitative estimate of drug-likeness (QED) is 0.847. The summed E-state index contributed by atoms with van der Waals surface area (Å²) in [4.78, 5) is 0. The van der Waals surface area contributed by atoms with Crippen molar-refractivity contribution in [2.45, 2.75) is 6.18 Å². The summed E-state index contributed by atoms with van der Waals surface area (Å²) >= 11 is 0. The van der Waals surface area contributed by atoms with Crippen LogP contribution in [0, 0.1) is 0 Å². The maximum Gasteiger partial charge on any atom is 0.416 e. The Morgan fingerprint density at radius 2 is 1.71 bits per heavy atom. The van der Waals surface area contributed by atoms with Crippen molar-refractivity contribution in [3.8, 4) is 11.5 Å². The Morgan fingerprint density at radius 3 is 2.38 bits per heavy atom. The van der Waals surface area contributed by atoms with Crippen LogP contribution in [0.4, 0.5) is 13.2 Å². The first-order valence-corrected chi connectivity index (χ1v) is 6.27. The molecule has 0 aromatic heterocycles. The summed E-state index contributed by atoms with van der Waals surface area (Å²) in [7, 11) is 0. The fourth-order valence-corrected chi connectivity index (χ4v) is 2.20. The molecule has 1 aliphatic heterocycles. The van der Waals surface area contributed by atoms with E-state index in [2.05, 4.69) is 0 Å². The van der Waals surface area contributed by atoms with Gasteiger partial charge in [-0.05, 0) is 47.5 Å². The second kappa shape index (κ2) is 4.84. The van der Waals surface area contributed by atoms with Crippen molar-refractivity contribution in [2.24, 2.45) is 0 Å². The second-order valence-electron chi connectivity index (χ2n) is 4.76. The lowest BCUT2D eigenvalue weighted by Crippen LogP contribution is -2.08. The Kier molecular flexibility index (Phi) is 3.12. The van der Waals surface area contributed by atoms with Crippen LogP contribution in [0.25, 0.3) is 11.6 Å². The number of ether oxygens (including phenoxy) is 1. The Balaban J connectivity index is 1.95. The minimum absolute atomic E-state index is 0.113. The van der Waals surface area contributed by atoms with Gasteiger partial charge in [0.2, 0.25) is 0 Å². The minimum atomic E-state index is -4.34. The zero-order chi connectivity index (χ0) is 15.0. The van der Waals surface area contributed by atoms with Gasteiger partial charge in [0, 0.05) is 5.56 Å². The van der Waals surface area contributed by atoms with Crippen molar-refractivity contribution in [3.63, 3.8) is 0 Å². The molecule has 1 heterocycles. The van der Waals surface area contributed by atoms with Gasteiger partial charge in [0.15, 0.2) is 0 Å². The molecule has 1 aliphatic rings. The molecule has 2 aromatic carbocycles. The average molecular weight is 292 g/mol. The molecule has 0 fully saturated rings. The molecule has 2 nitrogen and oxygen atoms in total. The smallest absolute Gasteiger partial charge is 0.416 e. The van der Waals surface area contributed by atoms with E-state index in [1.54, 1.807) is 18.2 Å². The number of phenolic OH excluding ortho intramolecular Hbond substituents is 1. The third-order valence-corrected chi connectivity index (χ3v) is 3.29. The van der Waals surface area contributed by atoms with Gasteiger partial charge in [0.05, 0.1) is 5.56 Å². The highest BCUT2D eigenvalue weighted by Crippen LogP contribution is 2.34. The first-order chi connectivity index (χ1) is 9.93. The van der Waals surface area contributed by atoms with E-state index in [4.69, 9.17) is 4.74 Å². The summed E-state index contributed by atoms with van der Waals surface area (Å²) in [6, 6.07) is 9.68. The molecule has 0 amide bonds. The molecule has 1 N–H and O–H groups in total. The van der Waals surface area contributed by atoms with Crippen LogP contribution in [0.3, 0.4) is 0 Å². The van der Waals surface area contributed by atoms with Crippen LogP contribution in [0.1, 0.15) is 16.7 Å². The Labute approximate surface area is 119 Å². The Morgan fingerprint density at radius 1 is 1.00 bits per heavy atom. The van der Waals surface area contributed by atoms with Gasteiger partial charge in [0.1, 0.15) is 18.1 Å². The van der Waals surface area contributed by atoms with Crippen LogP contribution in [-0.2, 0) is 6.18 Å². The maximum atomic E-state index is 12.5. The molecule has 2 aromatic rings. The van der Waals surface area contributed by atoms with Gasteiger partial charge in [-0.1, -0.05) is 12.1 Å². The molecule has 0 unspecified atom stereocenters. The van der Waals surface area contributed by atoms with E-state index in [9.17, 15) is 18.3 Å². The van der Waals surface area contributed by atoms with Crippen LogP contribution in [0.15, 0.2) is 42.5 Å². The lowest BCUT2D eigenvalue weighted by molar-refractivity contribution is -0.137. The van der Waals surface area contributed by atoms with Crippen molar-refractivity contribution in [1.29, 1.82) is 0 Å². The molecular weight excluding hydrogens is 281 g/mol. The van der Waals surface area contributed by atoms with Crippen LogP contribution < -0.4 is 4.74 Å². The van der Waals surface area contributed by atoms with E-state index >= 15 is 0 Å². The number of hydrogen-bond donors (Lipinski definition) is 1. The first-order valence-electron chi connectivity index (χ1n) is 6.27. The van der Waals surface area contributed by atoms with Gasteiger partial charge in [0.25, 0.3) is 0 Å². The zero-order valence-electron chi connectivity index (χ0n) is 10.8. The summed E-state index contributed by atoms with van der Waals surface area (Å²) in [6.07, 6.45) is -2.53. The number of fused-ring (bicyclic) bond motifs is 1. The number of benzene rings is 2. The summed E-state index contributed by atoms with van der Waals surface area (Å²) in [6.45, 7) is 0.281. The number of halogens is 3. The normalized spacial score (nSPS) is 14.1. The summed E-state index contributed by atoms with van der Waals surface area (Å²) < 4.78 is 43.2. The van der Waals surface area contributed by atoms with Gasteiger partial charge >= 0.3 is 6.18 Å². The molecular formula is C16H11F3O2. The average Bonchev–Trinajstić information content (AvgIpc) is 2.45. The van der Waals surface area contributed by atoms with Crippen LogP contribution in [0.2, 0.25) is 0 Å². The molecule has 0 bridgehead atoms. The van der Waals surface area contributed by atoms with E-state index in [1.165, 1.54) is 18.2 Å². The number of hydrogen-bond acceptors (Lipinski definition) is 2. The third kappa shape index (κ3) is 2.72. The van der Waals surface area contributed by atoms with Crippen LogP contribution in [-0.4, -0.2) is 11.7 Å². The summed E-state index contributed by atoms with van der Waals surface area (Å²) in [5.74, 6) is 0.755. The fraction of sp³-hybridized carbons (Fsp3) is 0.125. The van der Waals surface area contributed by atoms with Crippen molar-refractivity contribution < 1.29 is 23.0 Å². The zero-order valence-corrected chi connectivity index (χ0v) is 10.8. The van der Waals surface area contributed by atoms with Crippen LogP contribution in [0.5, 0.6) is 11.5 Å². The molecule has 0 spiro atoms. The largest absolute Gasteiger partial charge is 0.508 e. The highest BCUT2D eigenvalue weighted by Gasteiger charge is 2.30. The molecule has 0 atom stereocenters. The predicted octanol–water partition coefficient (Wildman–Crippen LogP) is 4.34. The molecule has 0 radical (unpaired) electrons. The Bertz CT molecular complexity index is 700. The van der Waals surface area contributed by atoms with E-state index in [0.717, 1.165) is 17.7 Å². The lowest BCUT2D eigenvalue weighted by atomic mass is 9.99. The lowest BCUT2D eigenvalue weighted by Gasteiger charge is -2.18. The number of phenols is 1. The minimum Gasteiger partial charge on any atom is -0.508 e. The molecule has 0 saturated carbocycles. The topological polar surface area (TPSA) is 29.5 Å². The van der Waals surface area contributed by atoms with Crippen LogP contribution >= 0.6 is 0 Å². The van der Waals surface area contributed by atoms with Gasteiger partial charge < -0.3 is 9.84 Å². The fourth-order valence-electron chi connectivity index (χ4n) is 2.20. The standard InChI is InChI=1S/C16H11F3O2/c17-16(18,19)13-3-1-10(2-4-13)12-7-11-8-14(20)5-6-15(11)21-9-12/h1-8,20H,9H2. The van der Waals surface area contributed by atoms with E-state index in [-0.39, 0.29) is 12.4 Å². The maximum absolute atomic E-state index is 12.5. The highest BCUT2D eigenvalue weighted by molar-refractivity contribution is 5.85. The van der Waals surface area contributed by atoms with Gasteiger partial charge in [-0.25, -0.2) is 0 Å². The van der Waals surface area contributed by atoms with E-state index in [0.29, 0.717) is 16.9 Å². The third-order valence-electron chi connectivity index (χ3n) is 3.29. The predicted molar refractivity (Wildman–Crippen MR) is 72.9 cm³/mol. The van der Waals surface area contributed by atoms with Gasteiger partial charge in [-0.3, -0.25) is 0 Å². The van der Waals surface area contributed by atoms with E-state index in [1.807, 2.05) is 0 Å². The summed E-state index contributed by atoms with van der Waals surface area (Å²) in [5.41, 5.74) is 1.46.